The molecule has 0 aromatic carbocycles. The highest BCUT2D eigenvalue weighted by atomic mass is 28.4. The monoisotopic (exact) mass is 303 g/mol. The minimum Gasteiger partial charge on any atom is -0.480 e. The first-order valence-corrected chi connectivity index (χ1v) is 10.2. The smallest absolute Gasteiger partial charge is 0.323 e. The van der Waals surface area contributed by atoms with Crippen LogP contribution in [0.15, 0.2) is 0 Å². The maximum atomic E-state index is 10.8. The van der Waals surface area contributed by atoms with Gasteiger partial charge in [-0.05, 0) is 43.3 Å². The second kappa shape index (κ2) is 5.75. The van der Waals surface area contributed by atoms with Crippen LogP contribution in [-0.4, -0.2) is 42.7 Å². The number of carbonyl (C=O) groups is 1. The molecule has 1 aliphatic rings. The lowest BCUT2D eigenvalue weighted by molar-refractivity contribution is -0.142. The molecule has 1 aliphatic carbocycles. The van der Waals surface area contributed by atoms with Gasteiger partial charge in [0.15, 0.2) is 8.32 Å². The molecule has 0 heterocycles. The molecule has 1 rings (SSSR count). The molecular weight excluding hydrogens is 274 g/mol. The fourth-order valence-electron chi connectivity index (χ4n) is 2.16. The molecule has 4 N–H and O–H groups in total. The van der Waals surface area contributed by atoms with E-state index >= 15 is 0 Å². The fourth-order valence-corrected chi connectivity index (χ4v) is 3.24. The van der Waals surface area contributed by atoms with Gasteiger partial charge in [-0.25, -0.2) is 0 Å². The first-order chi connectivity index (χ1) is 8.92. The summed E-state index contributed by atoms with van der Waals surface area (Å²) in [6.45, 7) is 11.7. The number of carboxylic acids is 1. The van der Waals surface area contributed by atoms with E-state index in [0.717, 1.165) is 12.8 Å². The Hall–Kier alpha value is -0.433. The third kappa shape index (κ3) is 3.81. The number of aliphatic carboxylic acids is 1. The van der Waals surface area contributed by atoms with Gasteiger partial charge in [0, 0.05) is 6.61 Å². The molecule has 118 valence electrons. The molecule has 0 aliphatic heterocycles. The Labute approximate surface area is 122 Å². The van der Waals surface area contributed by atoms with Crippen molar-refractivity contribution in [3.05, 3.63) is 0 Å². The highest BCUT2D eigenvalue weighted by Gasteiger charge is 2.58. The zero-order valence-corrected chi connectivity index (χ0v) is 14.3. The average molecular weight is 303 g/mol. The molecule has 0 saturated heterocycles. The van der Waals surface area contributed by atoms with E-state index in [-0.39, 0.29) is 11.0 Å². The van der Waals surface area contributed by atoms with Crippen LogP contribution in [0.4, 0.5) is 0 Å². The lowest BCUT2D eigenvalue weighted by atomic mass is 10.1. The zero-order valence-electron chi connectivity index (χ0n) is 13.3. The lowest BCUT2D eigenvalue weighted by Gasteiger charge is -2.36. The van der Waals surface area contributed by atoms with E-state index in [1.165, 1.54) is 0 Å². The van der Waals surface area contributed by atoms with E-state index in [1.54, 1.807) is 0 Å². The summed E-state index contributed by atoms with van der Waals surface area (Å²) in [5, 5.41) is 19.1. The van der Waals surface area contributed by atoms with E-state index in [4.69, 9.17) is 15.3 Å². The second-order valence-corrected chi connectivity index (χ2v) is 12.3. The highest BCUT2D eigenvalue weighted by molar-refractivity contribution is 6.74. The quantitative estimate of drug-likeness (QED) is 0.494. The van der Waals surface area contributed by atoms with Gasteiger partial charge in [0.2, 0.25) is 0 Å². The van der Waals surface area contributed by atoms with Crippen molar-refractivity contribution in [3.63, 3.8) is 0 Å². The maximum Gasteiger partial charge on any atom is 0.323 e. The van der Waals surface area contributed by atoms with E-state index in [2.05, 4.69) is 33.9 Å². The van der Waals surface area contributed by atoms with Crippen molar-refractivity contribution in [1.29, 1.82) is 0 Å². The van der Waals surface area contributed by atoms with Crippen molar-refractivity contribution >= 4 is 14.3 Å². The van der Waals surface area contributed by atoms with Gasteiger partial charge in [-0.1, -0.05) is 20.8 Å². The summed E-state index contributed by atoms with van der Waals surface area (Å²) < 4.78 is 6.06. The van der Waals surface area contributed by atoms with Crippen LogP contribution in [0.1, 0.15) is 40.0 Å². The highest BCUT2D eigenvalue weighted by Crippen LogP contribution is 2.48. The molecule has 6 heteroatoms. The van der Waals surface area contributed by atoms with Crippen LogP contribution in [0.25, 0.3) is 0 Å². The van der Waals surface area contributed by atoms with Crippen molar-refractivity contribution in [2.75, 3.05) is 6.61 Å². The molecule has 0 spiro atoms. The Balaban J connectivity index is 2.30. The fraction of sp³-hybridized carbons (Fsp3) is 0.929. The molecule has 0 bridgehead atoms. The number of aliphatic hydroxyl groups is 1. The summed E-state index contributed by atoms with van der Waals surface area (Å²) in [5.74, 6) is -1.14. The van der Waals surface area contributed by atoms with Crippen LogP contribution in [0.5, 0.6) is 0 Å². The van der Waals surface area contributed by atoms with Gasteiger partial charge in [0.1, 0.15) is 6.04 Å². The van der Waals surface area contributed by atoms with Crippen LogP contribution in [0.2, 0.25) is 18.1 Å². The SMILES string of the molecule is CC(C)(C)[Si](C)(C)OCCCC1CC1(O)[C@H](N)C(=O)O. The Morgan fingerprint density at radius 2 is 2.05 bits per heavy atom. The number of hydrogen-bond donors (Lipinski definition) is 3. The minimum atomic E-state index is -1.71. The Kier molecular flexibility index (Phi) is 5.07. The van der Waals surface area contributed by atoms with Crippen LogP contribution in [0, 0.1) is 5.92 Å². The molecule has 0 aromatic rings. The summed E-state index contributed by atoms with van der Waals surface area (Å²) in [6, 6.07) is -1.17. The first kappa shape index (κ1) is 17.6. The van der Waals surface area contributed by atoms with Crippen molar-refractivity contribution < 1.29 is 19.4 Å². The van der Waals surface area contributed by atoms with Gasteiger partial charge in [-0.15, -0.1) is 0 Å². The molecule has 0 amide bonds. The van der Waals surface area contributed by atoms with Crippen molar-refractivity contribution in [3.8, 4) is 0 Å². The standard InChI is InChI=1S/C14H29NO4Si/c1-13(2,3)20(4,5)19-8-6-7-10-9-14(10,18)11(15)12(16)17/h10-11,18H,6-9,15H2,1-5H3,(H,16,17)/t10?,11-,14?/m1/s1. The topological polar surface area (TPSA) is 92.8 Å². The summed E-state index contributed by atoms with van der Waals surface area (Å²) in [4.78, 5) is 10.8. The van der Waals surface area contributed by atoms with Gasteiger partial charge in [0.25, 0.3) is 0 Å². The third-order valence-corrected chi connectivity index (χ3v) is 9.43. The van der Waals surface area contributed by atoms with E-state index < -0.39 is 25.9 Å². The normalized spacial score (nSPS) is 28.2. The predicted molar refractivity (Wildman–Crippen MR) is 81.1 cm³/mol. The molecule has 1 fully saturated rings. The largest absolute Gasteiger partial charge is 0.480 e. The Morgan fingerprint density at radius 3 is 2.50 bits per heavy atom. The molecule has 3 atom stereocenters. The molecule has 0 radical (unpaired) electrons. The second-order valence-electron chi connectivity index (χ2n) is 7.46. The van der Waals surface area contributed by atoms with Crippen LogP contribution in [-0.2, 0) is 9.22 Å². The summed E-state index contributed by atoms with van der Waals surface area (Å²) in [5.41, 5.74) is 4.30. The summed E-state index contributed by atoms with van der Waals surface area (Å²) in [7, 11) is -1.71. The number of hydrogen-bond acceptors (Lipinski definition) is 4. The van der Waals surface area contributed by atoms with E-state index in [9.17, 15) is 9.90 Å². The average Bonchev–Trinajstić information content (AvgIpc) is 2.94. The number of carboxylic acid groups (broad SMARTS) is 1. The van der Waals surface area contributed by atoms with Gasteiger partial charge >= 0.3 is 5.97 Å². The van der Waals surface area contributed by atoms with Gasteiger partial charge in [0.05, 0.1) is 5.60 Å². The van der Waals surface area contributed by atoms with Gasteiger partial charge in [-0.2, -0.15) is 0 Å². The number of nitrogens with two attached hydrogens (primary N) is 1. The van der Waals surface area contributed by atoms with Crippen LogP contribution < -0.4 is 5.73 Å². The third-order valence-electron chi connectivity index (χ3n) is 4.89. The van der Waals surface area contributed by atoms with Crippen molar-refractivity contribution in [1.82, 2.24) is 0 Å². The van der Waals surface area contributed by atoms with Crippen LogP contribution in [0.3, 0.4) is 0 Å². The minimum absolute atomic E-state index is 0.00313. The van der Waals surface area contributed by atoms with E-state index in [0.29, 0.717) is 13.0 Å². The van der Waals surface area contributed by atoms with Gasteiger partial charge < -0.3 is 20.4 Å². The predicted octanol–water partition coefficient (Wildman–Crippen LogP) is 1.95. The van der Waals surface area contributed by atoms with Gasteiger partial charge in [-0.3, -0.25) is 4.79 Å². The summed E-state index contributed by atoms with van der Waals surface area (Å²) in [6.07, 6.45) is 2.10. The van der Waals surface area contributed by atoms with Crippen molar-refractivity contribution in [2.24, 2.45) is 11.7 Å². The molecular formula is C14H29NO4Si. The van der Waals surface area contributed by atoms with Crippen molar-refractivity contribution in [2.45, 2.75) is 69.8 Å². The lowest BCUT2D eigenvalue weighted by Crippen LogP contribution is -2.45. The summed E-state index contributed by atoms with van der Waals surface area (Å²) >= 11 is 0. The molecule has 1 saturated carbocycles. The molecule has 2 unspecified atom stereocenters. The van der Waals surface area contributed by atoms with E-state index in [1.807, 2.05) is 0 Å². The first-order valence-electron chi connectivity index (χ1n) is 7.26. The zero-order chi connectivity index (χ0) is 15.8. The molecule has 20 heavy (non-hydrogen) atoms. The Morgan fingerprint density at radius 1 is 1.50 bits per heavy atom. The molecule has 0 aromatic heterocycles. The maximum absolute atomic E-state index is 10.8. The molecule has 5 nitrogen and oxygen atoms in total. The number of rotatable bonds is 7. The van der Waals surface area contributed by atoms with Crippen LogP contribution >= 0.6 is 0 Å². The Bertz CT molecular complexity index is 367.